The third kappa shape index (κ3) is 4.40. The zero-order valence-corrected chi connectivity index (χ0v) is 19.7. The Kier molecular flexibility index (Phi) is 5.96. The summed E-state index contributed by atoms with van der Waals surface area (Å²) < 4.78 is 63.1. The van der Waals surface area contributed by atoms with Gasteiger partial charge in [0, 0.05) is 12.3 Å². The van der Waals surface area contributed by atoms with Crippen molar-refractivity contribution < 1.29 is 36.7 Å². The Bertz CT molecular complexity index is 1070. The molecule has 12 heteroatoms. The lowest BCUT2D eigenvalue weighted by molar-refractivity contribution is -0.190. The van der Waals surface area contributed by atoms with Gasteiger partial charge in [0.1, 0.15) is 0 Å². The molecule has 0 atom stereocenters. The Morgan fingerprint density at radius 3 is 2.35 bits per heavy atom. The van der Waals surface area contributed by atoms with E-state index in [9.17, 15) is 18.0 Å². The number of pyridine rings is 1. The molecule has 1 saturated heterocycles. The quantitative estimate of drug-likeness (QED) is 0.443. The van der Waals surface area contributed by atoms with Gasteiger partial charge in [0.25, 0.3) is 0 Å². The van der Waals surface area contributed by atoms with Gasteiger partial charge in [-0.3, -0.25) is 0 Å². The zero-order valence-electron chi connectivity index (χ0n) is 19.7. The van der Waals surface area contributed by atoms with Gasteiger partial charge in [-0.25, -0.2) is 14.5 Å². The van der Waals surface area contributed by atoms with Crippen LogP contribution in [-0.4, -0.2) is 58.9 Å². The van der Waals surface area contributed by atoms with Crippen LogP contribution >= 0.6 is 0 Å². The molecule has 0 radical (unpaired) electrons. The fraction of sp³-hybridized carbons (Fsp3) is 0.591. The summed E-state index contributed by atoms with van der Waals surface area (Å²) in [5.41, 5.74) is -2.49. The molecule has 2 aromatic rings. The molecule has 1 aliphatic heterocycles. The van der Waals surface area contributed by atoms with Gasteiger partial charge in [-0.15, -0.1) is 5.10 Å². The Morgan fingerprint density at radius 2 is 1.79 bits per heavy atom. The van der Waals surface area contributed by atoms with E-state index in [2.05, 4.69) is 10.1 Å². The van der Waals surface area contributed by atoms with Crippen molar-refractivity contribution in [3.05, 3.63) is 30.0 Å². The molecule has 184 valence electrons. The van der Waals surface area contributed by atoms with E-state index in [4.69, 9.17) is 18.8 Å². The van der Waals surface area contributed by atoms with E-state index in [1.165, 1.54) is 23.9 Å². The number of methoxy groups -OCH3 is 1. The Labute approximate surface area is 195 Å². The number of esters is 1. The maximum Gasteiger partial charge on any atom is 0.515 e. The van der Waals surface area contributed by atoms with Crippen LogP contribution in [0, 0.1) is 5.41 Å². The van der Waals surface area contributed by atoms with Crippen molar-refractivity contribution in [1.82, 2.24) is 14.8 Å². The summed E-state index contributed by atoms with van der Waals surface area (Å²) in [5.74, 6) is -0.0675. The molecule has 0 spiro atoms. The van der Waals surface area contributed by atoms with Crippen molar-refractivity contribution >= 4 is 18.7 Å². The first-order valence-electron chi connectivity index (χ1n) is 11.0. The van der Waals surface area contributed by atoms with Crippen LogP contribution in [-0.2, 0) is 14.0 Å². The number of nitrogens with zero attached hydrogens (tertiary/aromatic N) is 3. The first kappa shape index (κ1) is 24.5. The van der Waals surface area contributed by atoms with Gasteiger partial charge in [0.15, 0.2) is 5.82 Å². The molecule has 1 aliphatic carbocycles. The molecule has 34 heavy (non-hydrogen) atoms. The SMILES string of the molecule is COC(=O)c1ccc(-n2ccc(OCCC3(C(F)(F)F)CC3)n2)nc1B1OC(C)(C)C(C)(C)O1. The molecule has 2 fully saturated rings. The molecular formula is C22H27BF3N3O5. The second kappa shape index (κ2) is 8.26. The van der Waals surface area contributed by atoms with Crippen molar-refractivity contribution in [1.29, 1.82) is 0 Å². The highest BCUT2D eigenvalue weighted by atomic mass is 19.4. The maximum absolute atomic E-state index is 13.1. The number of rotatable bonds is 7. The van der Waals surface area contributed by atoms with E-state index >= 15 is 0 Å². The van der Waals surface area contributed by atoms with Gasteiger partial charge >= 0.3 is 19.3 Å². The van der Waals surface area contributed by atoms with Crippen LogP contribution < -0.4 is 10.3 Å². The number of halogens is 3. The molecule has 3 heterocycles. The fourth-order valence-corrected chi connectivity index (χ4v) is 3.70. The minimum atomic E-state index is -4.22. The van der Waals surface area contributed by atoms with Crippen LogP contribution in [0.4, 0.5) is 13.2 Å². The number of alkyl halides is 3. The number of aromatic nitrogens is 3. The Hall–Kier alpha value is -2.60. The highest BCUT2D eigenvalue weighted by Crippen LogP contribution is 2.59. The van der Waals surface area contributed by atoms with E-state index < -0.39 is 35.9 Å². The largest absolute Gasteiger partial charge is 0.515 e. The average Bonchev–Trinajstić information content (AvgIpc) is 3.35. The topological polar surface area (TPSA) is 84.7 Å². The van der Waals surface area contributed by atoms with Gasteiger partial charge in [-0.1, -0.05) is 0 Å². The zero-order chi connectivity index (χ0) is 24.9. The molecule has 4 rings (SSSR count). The van der Waals surface area contributed by atoms with Crippen molar-refractivity contribution in [2.24, 2.45) is 5.41 Å². The van der Waals surface area contributed by atoms with Crippen LogP contribution in [0.1, 0.15) is 57.3 Å². The highest BCUT2D eigenvalue weighted by Gasteiger charge is 2.62. The van der Waals surface area contributed by atoms with Gasteiger partial charge < -0.3 is 18.8 Å². The highest BCUT2D eigenvalue weighted by molar-refractivity contribution is 6.62. The minimum absolute atomic E-state index is 0.0929. The van der Waals surface area contributed by atoms with Crippen molar-refractivity contribution in [2.45, 2.75) is 64.3 Å². The van der Waals surface area contributed by atoms with E-state index in [0.29, 0.717) is 5.82 Å². The monoisotopic (exact) mass is 481 g/mol. The summed E-state index contributed by atoms with van der Waals surface area (Å²) in [6, 6.07) is 4.65. The molecule has 0 aromatic carbocycles. The molecule has 1 saturated carbocycles. The molecule has 0 unspecified atom stereocenters. The van der Waals surface area contributed by atoms with Gasteiger partial charge in [-0.2, -0.15) is 13.2 Å². The van der Waals surface area contributed by atoms with E-state index in [-0.39, 0.29) is 42.9 Å². The smallest absolute Gasteiger partial charge is 0.477 e. The maximum atomic E-state index is 13.1. The molecular weight excluding hydrogens is 454 g/mol. The predicted octanol–water partition coefficient (Wildman–Crippen LogP) is 3.46. The lowest BCUT2D eigenvalue weighted by Crippen LogP contribution is -2.41. The average molecular weight is 481 g/mol. The number of hydrogen-bond donors (Lipinski definition) is 0. The summed E-state index contributed by atoms with van der Waals surface area (Å²) in [7, 11) is 0.355. The molecule has 0 bridgehead atoms. The summed E-state index contributed by atoms with van der Waals surface area (Å²) in [4.78, 5) is 16.9. The number of carbonyl (C=O) groups is 1. The van der Waals surface area contributed by atoms with Crippen molar-refractivity contribution in [3.63, 3.8) is 0 Å². The molecule has 2 aliphatic rings. The fourth-order valence-electron chi connectivity index (χ4n) is 3.70. The predicted molar refractivity (Wildman–Crippen MR) is 116 cm³/mol. The van der Waals surface area contributed by atoms with Gasteiger partial charge in [-0.05, 0) is 59.1 Å². The Morgan fingerprint density at radius 1 is 1.15 bits per heavy atom. The lowest BCUT2D eigenvalue weighted by atomic mass is 9.80. The van der Waals surface area contributed by atoms with E-state index in [0.717, 1.165) is 0 Å². The van der Waals surface area contributed by atoms with Crippen LogP contribution in [0.25, 0.3) is 5.82 Å². The number of carbonyl (C=O) groups excluding carboxylic acids is 1. The van der Waals surface area contributed by atoms with Crippen LogP contribution in [0.15, 0.2) is 24.4 Å². The molecule has 2 aromatic heterocycles. The summed E-state index contributed by atoms with van der Waals surface area (Å²) in [6.07, 6.45) is -2.49. The lowest BCUT2D eigenvalue weighted by Gasteiger charge is -2.32. The van der Waals surface area contributed by atoms with Gasteiger partial charge in [0.2, 0.25) is 5.88 Å². The normalized spacial score (nSPS) is 20.3. The number of hydrogen-bond acceptors (Lipinski definition) is 7. The second-order valence-corrected chi connectivity index (χ2v) is 9.66. The van der Waals surface area contributed by atoms with E-state index in [1.54, 1.807) is 12.3 Å². The first-order valence-corrected chi connectivity index (χ1v) is 11.0. The van der Waals surface area contributed by atoms with Crippen LogP contribution in [0.3, 0.4) is 0 Å². The third-order valence-corrected chi connectivity index (χ3v) is 6.88. The summed E-state index contributed by atoms with van der Waals surface area (Å²) in [5, 5.41) is 4.26. The standard InChI is InChI=1S/C22H27BF3N3O5/c1-19(2)20(3,4)34-23(33-19)17-14(18(30)31-5)6-7-15(27-17)29-12-8-16(28-29)32-13-11-21(9-10-21)22(24,25)26/h6-8,12H,9-11,13H2,1-5H3. The van der Waals surface area contributed by atoms with Gasteiger partial charge in [0.05, 0.1) is 41.5 Å². The summed E-state index contributed by atoms with van der Waals surface area (Å²) in [6.45, 7) is 7.45. The van der Waals surface area contributed by atoms with Crippen LogP contribution in [0.5, 0.6) is 5.88 Å². The minimum Gasteiger partial charge on any atom is -0.477 e. The molecule has 0 N–H and O–H groups in total. The van der Waals surface area contributed by atoms with Crippen molar-refractivity contribution in [3.8, 4) is 11.7 Å². The number of ether oxygens (including phenoxy) is 2. The van der Waals surface area contributed by atoms with E-state index in [1.807, 2.05) is 27.7 Å². The summed E-state index contributed by atoms with van der Waals surface area (Å²) >= 11 is 0. The second-order valence-electron chi connectivity index (χ2n) is 9.66. The molecule has 0 amide bonds. The first-order chi connectivity index (χ1) is 15.8. The molecule has 8 nitrogen and oxygen atoms in total. The van der Waals surface area contributed by atoms with Crippen LogP contribution in [0.2, 0.25) is 0 Å². The Balaban J connectivity index is 1.53. The third-order valence-electron chi connectivity index (χ3n) is 6.88. The van der Waals surface area contributed by atoms with Crippen molar-refractivity contribution in [2.75, 3.05) is 13.7 Å².